The summed E-state index contributed by atoms with van der Waals surface area (Å²) in [5.74, 6) is 0.240. The maximum absolute atomic E-state index is 12.7. The smallest absolute Gasteiger partial charge is 0.234 e. The minimum absolute atomic E-state index is 0.00299. The standard InChI is InChI=1S/C23H28N2O5/c26-14-15-11-12-25(13-15)23(29)17-3-7-19(8-4-17)30-18-5-1-16(2-6-18)20-9-10-21(27)24-22(20)28/h1-2,5-6,14-15,17,19-20H,3-4,7-13H2,(H,24,27,28)/t15-,17?,19?,20?/m1/s1. The van der Waals surface area contributed by atoms with E-state index in [0.717, 1.165) is 49.7 Å². The first kappa shape index (κ1) is 20.6. The Labute approximate surface area is 176 Å². The molecule has 2 atom stereocenters. The van der Waals surface area contributed by atoms with Crippen molar-refractivity contribution in [3.63, 3.8) is 0 Å². The summed E-state index contributed by atoms with van der Waals surface area (Å²) >= 11 is 0. The Morgan fingerprint density at radius 1 is 1.03 bits per heavy atom. The second-order valence-electron chi connectivity index (χ2n) is 8.63. The Morgan fingerprint density at radius 2 is 1.77 bits per heavy atom. The van der Waals surface area contributed by atoms with Crippen LogP contribution in [0.15, 0.2) is 24.3 Å². The number of aldehydes is 1. The normalized spacial score (nSPS) is 29.4. The van der Waals surface area contributed by atoms with E-state index in [-0.39, 0.29) is 41.6 Å². The molecule has 160 valence electrons. The fourth-order valence-corrected chi connectivity index (χ4v) is 4.77. The van der Waals surface area contributed by atoms with Gasteiger partial charge in [-0.3, -0.25) is 19.7 Å². The molecule has 2 aliphatic heterocycles. The first-order valence-corrected chi connectivity index (χ1v) is 10.9. The number of nitrogens with one attached hydrogen (secondary N) is 1. The second kappa shape index (κ2) is 8.98. The number of hydrogen-bond donors (Lipinski definition) is 1. The first-order chi connectivity index (χ1) is 14.5. The van der Waals surface area contributed by atoms with E-state index >= 15 is 0 Å². The molecular weight excluding hydrogens is 384 g/mol. The molecule has 1 aromatic carbocycles. The van der Waals surface area contributed by atoms with E-state index in [4.69, 9.17) is 4.74 Å². The van der Waals surface area contributed by atoms with Gasteiger partial charge in [-0.05, 0) is 56.2 Å². The minimum Gasteiger partial charge on any atom is -0.490 e. The molecule has 30 heavy (non-hydrogen) atoms. The van der Waals surface area contributed by atoms with Gasteiger partial charge in [-0.25, -0.2) is 0 Å². The van der Waals surface area contributed by atoms with Crippen LogP contribution in [0.1, 0.15) is 56.4 Å². The van der Waals surface area contributed by atoms with Crippen LogP contribution in [0.3, 0.4) is 0 Å². The zero-order valence-electron chi connectivity index (χ0n) is 17.0. The van der Waals surface area contributed by atoms with E-state index in [1.54, 1.807) is 0 Å². The summed E-state index contributed by atoms with van der Waals surface area (Å²) in [4.78, 5) is 48.8. The molecule has 1 aromatic rings. The lowest BCUT2D eigenvalue weighted by Gasteiger charge is -2.31. The van der Waals surface area contributed by atoms with Crippen molar-refractivity contribution in [2.45, 2.75) is 57.0 Å². The topological polar surface area (TPSA) is 92.8 Å². The Hall–Kier alpha value is -2.70. The predicted molar refractivity (Wildman–Crippen MR) is 109 cm³/mol. The number of carbonyl (C=O) groups excluding carboxylic acids is 4. The van der Waals surface area contributed by atoms with Crippen LogP contribution < -0.4 is 10.1 Å². The van der Waals surface area contributed by atoms with Crippen molar-refractivity contribution in [3.05, 3.63) is 29.8 Å². The van der Waals surface area contributed by atoms with Crippen LogP contribution in [0, 0.1) is 11.8 Å². The van der Waals surface area contributed by atoms with Crippen LogP contribution in [0.5, 0.6) is 5.75 Å². The molecule has 1 saturated carbocycles. The lowest BCUT2D eigenvalue weighted by Crippen LogP contribution is -2.39. The van der Waals surface area contributed by atoms with Crippen molar-refractivity contribution in [1.29, 1.82) is 0 Å². The van der Waals surface area contributed by atoms with E-state index in [2.05, 4.69) is 5.32 Å². The number of carbonyl (C=O) groups is 4. The molecule has 1 N–H and O–H groups in total. The van der Waals surface area contributed by atoms with E-state index in [0.29, 0.717) is 25.9 Å². The molecule has 2 saturated heterocycles. The van der Waals surface area contributed by atoms with Crippen LogP contribution in [-0.4, -0.2) is 48.1 Å². The van der Waals surface area contributed by atoms with Crippen LogP contribution in [0.2, 0.25) is 0 Å². The van der Waals surface area contributed by atoms with Crippen molar-refractivity contribution in [2.24, 2.45) is 11.8 Å². The fraction of sp³-hybridized carbons (Fsp3) is 0.565. The van der Waals surface area contributed by atoms with Crippen molar-refractivity contribution in [3.8, 4) is 5.75 Å². The highest BCUT2D eigenvalue weighted by Crippen LogP contribution is 2.31. The number of hydrogen-bond acceptors (Lipinski definition) is 5. The van der Waals surface area contributed by atoms with Gasteiger partial charge in [0.25, 0.3) is 0 Å². The first-order valence-electron chi connectivity index (χ1n) is 10.9. The zero-order valence-corrected chi connectivity index (χ0v) is 17.0. The van der Waals surface area contributed by atoms with Gasteiger partial charge in [-0.2, -0.15) is 0 Å². The molecule has 0 spiro atoms. The zero-order chi connectivity index (χ0) is 21.1. The summed E-state index contributed by atoms with van der Waals surface area (Å²) in [5.41, 5.74) is 0.890. The van der Waals surface area contributed by atoms with Gasteiger partial charge in [-0.15, -0.1) is 0 Å². The quantitative estimate of drug-likeness (QED) is 0.591. The van der Waals surface area contributed by atoms with Gasteiger partial charge in [0.1, 0.15) is 12.0 Å². The van der Waals surface area contributed by atoms with E-state index < -0.39 is 0 Å². The molecule has 3 fully saturated rings. The third-order valence-corrected chi connectivity index (χ3v) is 6.58. The summed E-state index contributed by atoms with van der Waals surface area (Å²) in [6.07, 6.45) is 5.99. The highest BCUT2D eigenvalue weighted by atomic mass is 16.5. The number of benzene rings is 1. The Kier molecular flexibility index (Phi) is 6.16. The number of piperidine rings is 1. The van der Waals surface area contributed by atoms with Gasteiger partial charge in [0.15, 0.2) is 0 Å². The average molecular weight is 412 g/mol. The summed E-state index contributed by atoms with van der Waals surface area (Å²) < 4.78 is 6.10. The summed E-state index contributed by atoms with van der Waals surface area (Å²) in [5, 5.41) is 2.39. The largest absolute Gasteiger partial charge is 0.490 e. The predicted octanol–water partition coefficient (Wildman–Crippen LogP) is 2.19. The lowest BCUT2D eigenvalue weighted by atomic mass is 9.86. The molecule has 2 heterocycles. The Morgan fingerprint density at radius 3 is 2.40 bits per heavy atom. The molecule has 1 unspecified atom stereocenters. The minimum atomic E-state index is -0.289. The Balaban J connectivity index is 1.26. The molecule has 3 amide bonds. The van der Waals surface area contributed by atoms with E-state index in [9.17, 15) is 19.2 Å². The molecule has 4 rings (SSSR count). The van der Waals surface area contributed by atoms with Crippen molar-refractivity contribution < 1.29 is 23.9 Å². The third-order valence-electron chi connectivity index (χ3n) is 6.58. The number of nitrogens with zero attached hydrogens (tertiary/aromatic N) is 1. The fourth-order valence-electron chi connectivity index (χ4n) is 4.77. The average Bonchev–Trinajstić information content (AvgIpc) is 3.24. The van der Waals surface area contributed by atoms with Gasteiger partial charge < -0.3 is 14.4 Å². The number of imide groups is 1. The highest BCUT2D eigenvalue weighted by Gasteiger charge is 2.34. The Bertz CT molecular complexity index is 813. The van der Waals surface area contributed by atoms with Crippen molar-refractivity contribution in [1.82, 2.24) is 10.2 Å². The van der Waals surface area contributed by atoms with E-state index in [1.807, 2.05) is 29.2 Å². The molecule has 1 aliphatic carbocycles. The summed E-state index contributed by atoms with van der Waals surface area (Å²) in [7, 11) is 0. The van der Waals surface area contributed by atoms with Crippen LogP contribution in [-0.2, 0) is 19.2 Å². The van der Waals surface area contributed by atoms with Crippen LogP contribution >= 0.6 is 0 Å². The SMILES string of the molecule is O=C[C@@H]1CCN(C(=O)C2CCC(Oc3ccc(C4CCC(=O)NC4=O)cc3)CC2)C1. The lowest BCUT2D eigenvalue weighted by molar-refractivity contribution is -0.136. The van der Waals surface area contributed by atoms with Gasteiger partial charge in [0.2, 0.25) is 17.7 Å². The molecule has 0 bridgehead atoms. The third kappa shape index (κ3) is 4.55. The highest BCUT2D eigenvalue weighted by molar-refractivity contribution is 6.00. The van der Waals surface area contributed by atoms with Gasteiger partial charge >= 0.3 is 0 Å². The number of amides is 3. The van der Waals surface area contributed by atoms with E-state index in [1.165, 1.54) is 0 Å². The van der Waals surface area contributed by atoms with Gasteiger partial charge in [-0.1, -0.05) is 12.1 Å². The number of likely N-dealkylation sites (tertiary alicyclic amines) is 1. The number of rotatable bonds is 5. The van der Waals surface area contributed by atoms with Crippen LogP contribution in [0.25, 0.3) is 0 Å². The molecule has 7 nitrogen and oxygen atoms in total. The van der Waals surface area contributed by atoms with Gasteiger partial charge in [0.05, 0.1) is 12.0 Å². The molecule has 7 heteroatoms. The summed E-state index contributed by atoms with van der Waals surface area (Å²) in [6.45, 7) is 1.26. The van der Waals surface area contributed by atoms with Gasteiger partial charge in [0, 0.05) is 31.3 Å². The maximum Gasteiger partial charge on any atom is 0.234 e. The maximum atomic E-state index is 12.7. The molecule has 0 radical (unpaired) electrons. The molecule has 0 aromatic heterocycles. The monoisotopic (exact) mass is 412 g/mol. The summed E-state index contributed by atoms with van der Waals surface area (Å²) in [6, 6.07) is 7.53. The second-order valence-corrected chi connectivity index (χ2v) is 8.63. The molecule has 3 aliphatic rings. The van der Waals surface area contributed by atoms with Crippen LogP contribution in [0.4, 0.5) is 0 Å². The molecular formula is C23H28N2O5. The number of ether oxygens (including phenoxy) is 1. The van der Waals surface area contributed by atoms with Crippen molar-refractivity contribution >= 4 is 24.0 Å². The van der Waals surface area contributed by atoms with Crippen molar-refractivity contribution in [2.75, 3.05) is 13.1 Å².